The van der Waals surface area contributed by atoms with Crippen LogP contribution in [-0.2, 0) is 4.79 Å². The topological polar surface area (TPSA) is 35.6 Å². The quantitative estimate of drug-likeness (QED) is 0.777. The summed E-state index contributed by atoms with van der Waals surface area (Å²) in [6, 6.07) is 0.529. The lowest BCUT2D eigenvalue weighted by Gasteiger charge is -2.32. The van der Waals surface area contributed by atoms with E-state index in [-0.39, 0.29) is 6.04 Å². The molecule has 0 spiro atoms. The molecule has 1 heterocycles. The molecule has 2 atom stereocenters. The van der Waals surface area contributed by atoms with E-state index in [9.17, 15) is 4.79 Å². The number of likely N-dealkylation sites (N-methyl/N-ethyl adjacent to an activating group) is 1. The molecule has 0 aliphatic carbocycles. The van der Waals surface area contributed by atoms with Gasteiger partial charge in [-0.2, -0.15) is 0 Å². The first kappa shape index (κ1) is 15.4. The molecule has 1 aliphatic heterocycles. The molecule has 1 rings (SSSR count). The summed E-state index contributed by atoms with van der Waals surface area (Å²) in [5.41, 5.74) is 0. The lowest BCUT2D eigenvalue weighted by Crippen LogP contribution is -2.51. The highest BCUT2D eigenvalue weighted by Crippen LogP contribution is 2.14. The van der Waals surface area contributed by atoms with Gasteiger partial charge in [-0.1, -0.05) is 0 Å². The number of carbonyl (C=O) groups excluding carboxylic acids is 1. The third-order valence-corrected chi connectivity index (χ3v) is 3.64. The van der Waals surface area contributed by atoms with E-state index in [1.807, 2.05) is 4.90 Å². The van der Waals surface area contributed by atoms with Crippen molar-refractivity contribution >= 4 is 5.91 Å². The molecule has 0 aromatic carbocycles. The van der Waals surface area contributed by atoms with Crippen LogP contribution in [0.1, 0.15) is 39.5 Å². The Labute approximate surface area is 112 Å². The van der Waals surface area contributed by atoms with Crippen LogP contribution in [0.2, 0.25) is 0 Å². The van der Waals surface area contributed by atoms with Gasteiger partial charge in [-0.15, -0.1) is 0 Å². The predicted octanol–water partition coefficient (Wildman–Crippen LogP) is 1.32. The van der Waals surface area contributed by atoms with E-state index in [1.165, 1.54) is 12.8 Å². The summed E-state index contributed by atoms with van der Waals surface area (Å²) in [6.07, 6.45) is 4.40. The monoisotopic (exact) mass is 255 g/mol. The first-order valence-electron chi connectivity index (χ1n) is 7.24. The number of carbonyl (C=O) groups is 1. The minimum atomic E-state index is 0.0491. The van der Waals surface area contributed by atoms with Gasteiger partial charge in [-0.25, -0.2) is 0 Å². The zero-order valence-corrected chi connectivity index (χ0v) is 12.4. The first-order valence-corrected chi connectivity index (χ1v) is 7.24. The molecule has 0 radical (unpaired) electrons. The van der Waals surface area contributed by atoms with Crippen molar-refractivity contribution in [2.45, 2.75) is 51.6 Å². The van der Waals surface area contributed by atoms with E-state index < -0.39 is 0 Å². The third kappa shape index (κ3) is 4.94. The molecule has 1 saturated heterocycles. The van der Waals surface area contributed by atoms with Gasteiger partial charge in [0.05, 0.1) is 6.04 Å². The van der Waals surface area contributed by atoms with Crippen molar-refractivity contribution in [1.29, 1.82) is 0 Å². The molecule has 1 aliphatic rings. The normalized spacial score (nSPS) is 24.3. The van der Waals surface area contributed by atoms with Crippen molar-refractivity contribution in [3.63, 3.8) is 0 Å². The number of nitrogens with one attached hydrogen (secondary N) is 1. The van der Waals surface area contributed by atoms with Crippen LogP contribution in [0.4, 0.5) is 0 Å². The molecular formula is C14H29N3O. The van der Waals surface area contributed by atoms with Crippen LogP contribution in [0.5, 0.6) is 0 Å². The Balaban J connectivity index is 2.40. The Kier molecular flexibility index (Phi) is 6.65. The fourth-order valence-electron chi connectivity index (χ4n) is 2.56. The minimum Gasteiger partial charge on any atom is -0.342 e. The average Bonchev–Trinajstić information content (AvgIpc) is 2.33. The Hall–Kier alpha value is -0.610. The van der Waals surface area contributed by atoms with Crippen LogP contribution < -0.4 is 5.32 Å². The molecule has 0 saturated carbocycles. The highest BCUT2D eigenvalue weighted by atomic mass is 16.2. The maximum atomic E-state index is 12.4. The van der Waals surface area contributed by atoms with Gasteiger partial charge in [0.15, 0.2) is 0 Å². The van der Waals surface area contributed by atoms with Gasteiger partial charge in [-0.05, 0) is 60.2 Å². The average molecular weight is 255 g/mol. The highest BCUT2D eigenvalue weighted by molar-refractivity contribution is 5.82. The molecule has 4 heteroatoms. The summed E-state index contributed by atoms with van der Waals surface area (Å²) in [6.45, 7) is 6.97. The van der Waals surface area contributed by atoms with E-state index in [1.54, 1.807) is 0 Å². The van der Waals surface area contributed by atoms with Crippen LogP contribution in [0.15, 0.2) is 0 Å². The molecule has 4 nitrogen and oxygen atoms in total. The zero-order chi connectivity index (χ0) is 13.5. The second-order valence-corrected chi connectivity index (χ2v) is 5.63. The molecule has 18 heavy (non-hydrogen) atoms. The molecule has 106 valence electrons. The van der Waals surface area contributed by atoms with Crippen molar-refractivity contribution in [3.05, 3.63) is 0 Å². The maximum Gasteiger partial charge on any atom is 0.239 e. The fraction of sp³-hybridized carbons (Fsp3) is 0.929. The van der Waals surface area contributed by atoms with E-state index in [4.69, 9.17) is 0 Å². The van der Waals surface area contributed by atoms with Crippen LogP contribution in [0.3, 0.4) is 0 Å². The Bertz CT molecular complexity index is 255. The first-order chi connectivity index (χ1) is 8.54. The third-order valence-electron chi connectivity index (χ3n) is 3.64. The molecule has 1 amide bonds. The smallest absolute Gasteiger partial charge is 0.239 e. The molecule has 2 unspecified atom stereocenters. The number of amides is 1. The number of nitrogens with zero attached hydrogens (tertiary/aromatic N) is 2. The standard InChI is InChI=1S/C14H29N3O/c1-5-17(11-7-10-16(3)4)14(18)13-9-6-8-12(2)15-13/h12-13,15H,5-11H2,1-4H3. The lowest BCUT2D eigenvalue weighted by atomic mass is 9.98. The summed E-state index contributed by atoms with van der Waals surface area (Å²) in [5, 5.41) is 3.43. The number of rotatable bonds is 6. The Morgan fingerprint density at radius 1 is 1.28 bits per heavy atom. The number of hydrogen-bond acceptors (Lipinski definition) is 3. The SMILES string of the molecule is CCN(CCCN(C)C)C(=O)C1CCCC(C)N1. The van der Waals surface area contributed by atoms with Crippen molar-refractivity contribution in [3.8, 4) is 0 Å². The minimum absolute atomic E-state index is 0.0491. The van der Waals surface area contributed by atoms with Crippen molar-refractivity contribution < 1.29 is 4.79 Å². The van der Waals surface area contributed by atoms with E-state index in [0.29, 0.717) is 11.9 Å². The van der Waals surface area contributed by atoms with Crippen molar-refractivity contribution in [2.75, 3.05) is 33.7 Å². The summed E-state index contributed by atoms with van der Waals surface area (Å²) < 4.78 is 0. The molecule has 0 aromatic rings. The molecule has 1 fully saturated rings. The zero-order valence-electron chi connectivity index (χ0n) is 12.4. The van der Waals surface area contributed by atoms with Gasteiger partial charge in [0.25, 0.3) is 0 Å². The molecule has 0 bridgehead atoms. The van der Waals surface area contributed by atoms with Gasteiger partial charge in [0.2, 0.25) is 5.91 Å². The lowest BCUT2D eigenvalue weighted by molar-refractivity contribution is -0.134. The summed E-state index contributed by atoms with van der Waals surface area (Å²) in [7, 11) is 4.14. The van der Waals surface area contributed by atoms with Gasteiger partial charge >= 0.3 is 0 Å². The van der Waals surface area contributed by atoms with E-state index in [0.717, 1.165) is 32.5 Å². The second kappa shape index (κ2) is 7.74. The van der Waals surface area contributed by atoms with Gasteiger partial charge in [0, 0.05) is 19.1 Å². The number of piperidine rings is 1. The van der Waals surface area contributed by atoms with Crippen molar-refractivity contribution in [1.82, 2.24) is 15.1 Å². The van der Waals surface area contributed by atoms with E-state index >= 15 is 0 Å². The van der Waals surface area contributed by atoms with Gasteiger partial charge in [-0.3, -0.25) is 4.79 Å². The molecule has 0 aromatic heterocycles. The van der Waals surface area contributed by atoms with Crippen LogP contribution in [0, 0.1) is 0 Å². The Morgan fingerprint density at radius 2 is 2.00 bits per heavy atom. The largest absolute Gasteiger partial charge is 0.342 e. The second-order valence-electron chi connectivity index (χ2n) is 5.63. The van der Waals surface area contributed by atoms with Gasteiger partial charge < -0.3 is 15.1 Å². The van der Waals surface area contributed by atoms with Crippen LogP contribution in [0.25, 0.3) is 0 Å². The maximum absolute atomic E-state index is 12.4. The number of hydrogen-bond donors (Lipinski definition) is 1. The molecule has 1 N–H and O–H groups in total. The highest BCUT2D eigenvalue weighted by Gasteiger charge is 2.27. The Morgan fingerprint density at radius 3 is 2.56 bits per heavy atom. The summed E-state index contributed by atoms with van der Waals surface area (Å²) in [5.74, 6) is 0.294. The molecular weight excluding hydrogens is 226 g/mol. The fourth-order valence-corrected chi connectivity index (χ4v) is 2.56. The van der Waals surface area contributed by atoms with E-state index in [2.05, 4.69) is 38.2 Å². The van der Waals surface area contributed by atoms with Crippen LogP contribution in [-0.4, -0.2) is 61.5 Å². The van der Waals surface area contributed by atoms with Gasteiger partial charge in [0.1, 0.15) is 0 Å². The summed E-state index contributed by atoms with van der Waals surface area (Å²) >= 11 is 0. The summed E-state index contributed by atoms with van der Waals surface area (Å²) in [4.78, 5) is 16.6. The van der Waals surface area contributed by atoms with Crippen LogP contribution >= 0.6 is 0 Å². The van der Waals surface area contributed by atoms with Crippen molar-refractivity contribution in [2.24, 2.45) is 0 Å². The predicted molar refractivity (Wildman–Crippen MR) is 75.7 cm³/mol.